The van der Waals surface area contributed by atoms with E-state index in [1.165, 1.54) is 12.1 Å². The minimum atomic E-state index is -4.40. The highest BCUT2D eigenvalue weighted by Crippen LogP contribution is 2.42. The van der Waals surface area contributed by atoms with Gasteiger partial charge in [-0.1, -0.05) is 18.2 Å². The predicted molar refractivity (Wildman–Crippen MR) is 112 cm³/mol. The Morgan fingerprint density at radius 3 is 2.68 bits per heavy atom. The van der Waals surface area contributed by atoms with E-state index in [0.29, 0.717) is 31.8 Å². The number of pyridine rings is 1. The number of ether oxygens (including phenoxy) is 1. The molecule has 1 aliphatic heterocycles. The van der Waals surface area contributed by atoms with Crippen molar-refractivity contribution in [1.29, 1.82) is 0 Å². The van der Waals surface area contributed by atoms with E-state index in [-0.39, 0.29) is 12.0 Å². The summed E-state index contributed by atoms with van der Waals surface area (Å²) in [5, 5.41) is 4.74. The van der Waals surface area contributed by atoms with Crippen molar-refractivity contribution in [2.45, 2.75) is 25.1 Å². The zero-order valence-corrected chi connectivity index (χ0v) is 17.5. The first-order chi connectivity index (χ1) is 14.9. The fourth-order valence-corrected chi connectivity index (χ4v) is 4.30. The zero-order valence-electron chi connectivity index (χ0n) is 17.5. The third-order valence-electron chi connectivity index (χ3n) is 5.78. The second-order valence-corrected chi connectivity index (χ2v) is 7.88. The Bertz CT molecular complexity index is 1030. The molecule has 3 heterocycles. The van der Waals surface area contributed by atoms with E-state index in [1.54, 1.807) is 25.4 Å². The summed E-state index contributed by atoms with van der Waals surface area (Å²) >= 11 is 0. The second-order valence-electron chi connectivity index (χ2n) is 7.88. The van der Waals surface area contributed by atoms with Crippen molar-refractivity contribution >= 4 is 0 Å². The number of methoxy groups -OCH3 is 1. The lowest BCUT2D eigenvalue weighted by Gasteiger charge is -2.23. The van der Waals surface area contributed by atoms with Crippen LogP contribution in [0.25, 0.3) is 11.3 Å². The zero-order chi connectivity index (χ0) is 22.0. The highest BCUT2D eigenvalue weighted by molar-refractivity contribution is 5.58. The number of likely N-dealkylation sites (tertiary alicyclic amines) is 1. The Labute approximate surface area is 179 Å². The molecule has 1 saturated heterocycles. The molecule has 0 amide bonds. The third-order valence-corrected chi connectivity index (χ3v) is 5.78. The van der Waals surface area contributed by atoms with Crippen LogP contribution in [0.15, 0.2) is 54.9 Å². The van der Waals surface area contributed by atoms with Crippen LogP contribution in [0.1, 0.15) is 28.8 Å². The van der Waals surface area contributed by atoms with Gasteiger partial charge in [-0.15, -0.1) is 0 Å². The van der Waals surface area contributed by atoms with Crippen molar-refractivity contribution < 1.29 is 17.9 Å². The predicted octanol–water partition coefficient (Wildman–Crippen LogP) is 4.56. The van der Waals surface area contributed by atoms with Gasteiger partial charge in [0.1, 0.15) is 0 Å². The summed E-state index contributed by atoms with van der Waals surface area (Å²) in [6.07, 6.45) is -0.808. The molecule has 0 unspecified atom stereocenters. The highest BCUT2D eigenvalue weighted by Gasteiger charge is 2.41. The lowest BCUT2D eigenvalue weighted by molar-refractivity contribution is -0.138. The number of aryl methyl sites for hydroxylation is 1. The Kier molecular flexibility index (Phi) is 6.11. The molecule has 1 fully saturated rings. The SMILES string of the molecule is COCCN1C[C@@H](n2ccc(-c3ccnc(C)c3)n2)[C@H](c2ccccc2C(F)(F)F)C1. The minimum absolute atomic E-state index is 0.211. The van der Waals surface area contributed by atoms with E-state index >= 15 is 0 Å². The molecule has 1 aliphatic rings. The number of nitrogens with zero attached hydrogens (tertiary/aromatic N) is 4. The lowest BCUT2D eigenvalue weighted by Crippen LogP contribution is -2.25. The highest BCUT2D eigenvalue weighted by atomic mass is 19.4. The standard InChI is InChI=1S/C23H25F3N4O/c1-16-13-17(7-9-27-16)21-8-10-30(28-21)22-15-29(11-12-31-2)14-19(22)18-5-3-4-6-20(18)23(24,25)26/h3-10,13,19,22H,11-12,14-15H2,1-2H3/t19-,22+/m0/s1. The molecule has 0 bridgehead atoms. The summed E-state index contributed by atoms with van der Waals surface area (Å²) in [7, 11) is 1.63. The van der Waals surface area contributed by atoms with Crippen LogP contribution >= 0.6 is 0 Å². The van der Waals surface area contributed by atoms with Gasteiger partial charge in [0.15, 0.2) is 0 Å². The maximum absolute atomic E-state index is 13.7. The topological polar surface area (TPSA) is 43.2 Å². The molecule has 1 aromatic carbocycles. The molecule has 8 heteroatoms. The molecule has 3 aromatic rings. The Hall–Kier alpha value is -2.71. The fourth-order valence-electron chi connectivity index (χ4n) is 4.30. The first-order valence-electron chi connectivity index (χ1n) is 10.2. The summed E-state index contributed by atoms with van der Waals surface area (Å²) in [5.41, 5.74) is 2.35. The third kappa shape index (κ3) is 4.65. The Balaban J connectivity index is 1.70. The van der Waals surface area contributed by atoms with Gasteiger partial charge >= 0.3 is 6.18 Å². The van der Waals surface area contributed by atoms with Gasteiger partial charge in [0.05, 0.1) is 23.9 Å². The van der Waals surface area contributed by atoms with Crippen molar-refractivity contribution in [3.05, 3.63) is 71.7 Å². The Morgan fingerprint density at radius 2 is 1.94 bits per heavy atom. The minimum Gasteiger partial charge on any atom is -0.383 e. The molecule has 0 N–H and O–H groups in total. The van der Waals surface area contributed by atoms with Gasteiger partial charge in [0, 0.05) is 56.3 Å². The van der Waals surface area contributed by atoms with E-state index in [0.717, 1.165) is 17.0 Å². The molecule has 0 spiro atoms. The summed E-state index contributed by atoms with van der Waals surface area (Å²) in [6.45, 7) is 4.23. The van der Waals surface area contributed by atoms with E-state index in [2.05, 4.69) is 9.88 Å². The normalized spacial score (nSPS) is 19.8. The number of alkyl halides is 3. The van der Waals surface area contributed by atoms with Crippen LogP contribution in [0, 0.1) is 6.92 Å². The summed E-state index contributed by atoms with van der Waals surface area (Å²) in [6, 6.07) is 11.4. The van der Waals surface area contributed by atoms with E-state index < -0.39 is 11.7 Å². The summed E-state index contributed by atoms with van der Waals surface area (Å²) in [5.74, 6) is -0.332. The van der Waals surface area contributed by atoms with Gasteiger partial charge in [-0.3, -0.25) is 14.6 Å². The summed E-state index contributed by atoms with van der Waals surface area (Å²) < 4.78 is 48.2. The van der Waals surface area contributed by atoms with Crippen molar-refractivity contribution in [3.63, 3.8) is 0 Å². The number of rotatable bonds is 6. The smallest absolute Gasteiger partial charge is 0.383 e. The summed E-state index contributed by atoms with van der Waals surface area (Å²) in [4.78, 5) is 6.36. The van der Waals surface area contributed by atoms with Crippen LogP contribution in [0.4, 0.5) is 13.2 Å². The maximum atomic E-state index is 13.7. The second kappa shape index (κ2) is 8.80. The first-order valence-corrected chi connectivity index (χ1v) is 10.2. The molecule has 5 nitrogen and oxygen atoms in total. The fraction of sp³-hybridized carbons (Fsp3) is 0.391. The molecule has 164 valence electrons. The van der Waals surface area contributed by atoms with Crippen LogP contribution in [0.3, 0.4) is 0 Å². The molecular weight excluding hydrogens is 405 g/mol. The molecule has 2 aromatic heterocycles. The van der Waals surface area contributed by atoms with Gasteiger partial charge in [-0.2, -0.15) is 18.3 Å². The van der Waals surface area contributed by atoms with Crippen molar-refractivity contribution in [2.75, 3.05) is 33.4 Å². The van der Waals surface area contributed by atoms with Gasteiger partial charge in [-0.05, 0) is 36.8 Å². The molecule has 0 aliphatic carbocycles. The molecule has 31 heavy (non-hydrogen) atoms. The van der Waals surface area contributed by atoms with Crippen molar-refractivity contribution in [1.82, 2.24) is 19.7 Å². The van der Waals surface area contributed by atoms with Crippen LogP contribution in [-0.4, -0.2) is 53.0 Å². The van der Waals surface area contributed by atoms with Gasteiger partial charge in [0.2, 0.25) is 0 Å². The number of hydrogen-bond donors (Lipinski definition) is 0. The van der Waals surface area contributed by atoms with E-state index in [9.17, 15) is 13.2 Å². The Morgan fingerprint density at radius 1 is 1.13 bits per heavy atom. The number of halogens is 3. The number of benzene rings is 1. The van der Waals surface area contributed by atoms with Gasteiger partial charge in [-0.25, -0.2) is 0 Å². The molecule has 4 rings (SSSR count). The first kappa shape index (κ1) is 21.5. The van der Waals surface area contributed by atoms with Crippen LogP contribution < -0.4 is 0 Å². The van der Waals surface area contributed by atoms with Crippen molar-refractivity contribution in [2.24, 2.45) is 0 Å². The van der Waals surface area contributed by atoms with Gasteiger partial charge < -0.3 is 4.74 Å². The van der Waals surface area contributed by atoms with Crippen LogP contribution in [0.5, 0.6) is 0 Å². The lowest BCUT2D eigenvalue weighted by atomic mass is 9.90. The number of aromatic nitrogens is 3. The number of hydrogen-bond acceptors (Lipinski definition) is 4. The monoisotopic (exact) mass is 430 g/mol. The van der Waals surface area contributed by atoms with Crippen LogP contribution in [-0.2, 0) is 10.9 Å². The quantitative estimate of drug-likeness (QED) is 0.575. The average Bonchev–Trinajstić information content (AvgIpc) is 3.39. The van der Waals surface area contributed by atoms with E-state index in [4.69, 9.17) is 9.84 Å². The largest absolute Gasteiger partial charge is 0.416 e. The molecular formula is C23H25F3N4O. The van der Waals surface area contributed by atoms with Crippen LogP contribution in [0.2, 0.25) is 0 Å². The molecule has 2 atom stereocenters. The van der Waals surface area contributed by atoms with Crippen molar-refractivity contribution in [3.8, 4) is 11.3 Å². The maximum Gasteiger partial charge on any atom is 0.416 e. The van der Waals surface area contributed by atoms with Gasteiger partial charge in [0.25, 0.3) is 0 Å². The molecule has 0 saturated carbocycles. The van der Waals surface area contributed by atoms with E-state index in [1.807, 2.05) is 36.0 Å². The average molecular weight is 430 g/mol. The molecule has 0 radical (unpaired) electrons.